The van der Waals surface area contributed by atoms with Gasteiger partial charge in [0.1, 0.15) is 36.8 Å². The monoisotopic (exact) mass is 870 g/mol. The number of hydrogen-bond donors (Lipinski definition) is 3. The standard InChI is InChI=1S/C47H70N2O13/c1-10-40(53)61-39-27-41(54)58-29(3)26-37(52)36(49(8)23-14-18-33-17-13-16-32-15-11-12-19-35(32)33)20-21-38(60-31(5)51)28(2)25-34(22-24-50)45(46(39)57-9)62-47-44(56)42(48(6)7)43(55)30(4)59-47/h11-13,15-17,19-21,24,28-30,34,36-39,42-47,52,55-56H,10,14,18,22-23,25-27H2,1-9H3/b21-20+/t28-,29-,30-,34+,36-,37+,38+,39-,42+,43-,44-,45+,46+,47+/m1/s1. The molecule has 0 radical (unpaired) electrons. The lowest BCUT2D eigenvalue weighted by atomic mass is 9.82. The van der Waals surface area contributed by atoms with E-state index in [0.29, 0.717) is 12.8 Å². The third-order valence-corrected chi connectivity index (χ3v) is 12.1. The zero-order chi connectivity index (χ0) is 45.7. The highest BCUT2D eigenvalue weighted by Gasteiger charge is 2.49. The Morgan fingerprint density at radius 1 is 0.935 bits per heavy atom. The van der Waals surface area contributed by atoms with Crippen LogP contribution in [0, 0.1) is 11.8 Å². The molecule has 2 heterocycles. The lowest BCUT2D eigenvalue weighted by Gasteiger charge is -2.47. The number of esters is 3. The Bertz CT molecular complexity index is 1770. The molecular formula is C47H70N2O13. The minimum Gasteiger partial charge on any atom is -0.462 e. The number of rotatable bonds is 14. The number of cyclic esters (lactones) is 1. The quantitative estimate of drug-likeness (QED) is 0.107. The van der Waals surface area contributed by atoms with Crippen LogP contribution < -0.4 is 0 Å². The smallest absolute Gasteiger partial charge is 0.309 e. The molecule has 15 nitrogen and oxygen atoms in total. The van der Waals surface area contributed by atoms with Crippen LogP contribution >= 0.6 is 0 Å². The number of carbonyl (C=O) groups excluding carboxylic acids is 4. The average Bonchev–Trinajstić information content (AvgIpc) is 3.21. The van der Waals surface area contributed by atoms with Crippen molar-refractivity contribution in [3.05, 3.63) is 60.2 Å². The van der Waals surface area contributed by atoms with E-state index in [0.717, 1.165) is 18.2 Å². The van der Waals surface area contributed by atoms with Gasteiger partial charge in [0.15, 0.2) is 6.29 Å². The highest BCUT2D eigenvalue weighted by molar-refractivity contribution is 5.85. The van der Waals surface area contributed by atoms with Crippen LogP contribution in [0.3, 0.4) is 0 Å². The average molecular weight is 871 g/mol. The highest BCUT2D eigenvalue weighted by Crippen LogP contribution is 2.35. The maximum atomic E-state index is 13.8. The van der Waals surface area contributed by atoms with Gasteiger partial charge in [-0.05, 0) is 95.0 Å². The van der Waals surface area contributed by atoms with E-state index in [4.69, 9.17) is 28.4 Å². The van der Waals surface area contributed by atoms with Gasteiger partial charge >= 0.3 is 17.9 Å². The molecule has 4 rings (SSSR count). The third kappa shape index (κ3) is 13.8. The van der Waals surface area contributed by atoms with Crippen LogP contribution in [0.4, 0.5) is 0 Å². The summed E-state index contributed by atoms with van der Waals surface area (Å²) < 4.78 is 36.3. The molecule has 62 heavy (non-hydrogen) atoms. The molecule has 0 spiro atoms. The molecule has 0 saturated carbocycles. The summed E-state index contributed by atoms with van der Waals surface area (Å²) in [6.45, 7) is 8.68. The number of carbonyl (C=O) groups is 4. The molecule has 2 aromatic carbocycles. The van der Waals surface area contributed by atoms with Crippen molar-refractivity contribution in [2.24, 2.45) is 11.8 Å². The van der Waals surface area contributed by atoms with E-state index in [1.807, 2.05) is 43.1 Å². The van der Waals surface area contributed by atoms with Gasteiger partial charge in [0, 0.05) is 33.3 Å². The zero-order valence-electron chi connectivity index (χ0n) is 37.8. The first-order valence-corrected chi connectivity index (χ1v) is 21.9. The Hall–Kier alpha value is -3.80. The predicted octanol–water partition coefficient (Wildman–Crippen LogP) is 4.00. The number of aldehydes is 1. The van der Waals surface area contributed by atoms with Gasteiger partial charge in [-0.1, -0.05) is 62.4 Å². The molecule has 1 fully saturated rings. The second-order valence-corrected chi connectivity index (χ2v) is 17.2. The maximum Gasteiger partial charge on any atom is 0.309 e. The normalized spacial score (nSPS) is 33.5. The van der Waals surface area contributed by atoms with E-state index in [2.05, 4.69) is 24.3 Å². The maximum absolute atomic E-state index is 13.8. The molecule has 0 aromatic heterocycles. The minimum atomic E-state index is -1.38. The Balaban J connectivity index is 1.75. The fourth-order valence-corrected chi connectivity index (χ4v) is 8.89. The first kappa shape index (κ1) is 50.8. The number of nitrogens with zero attached hydrogens (tertiary/aromatic N) is 2. The number of fused-ring (bicyclic) bond motifs is 1. The number of benzene rings is 2. The fraction of sp³-hybridized carbons (Fsp3) is 0.660. The van der Waals surface area contributed by atoms with Crippen molar-refractivity contribution in [2.45, 2.75) is 153 Å². The van der Waals surface area contributed by atoms with Gasteiger partial charge in [-0.15, -0.1) is 0 Å². The molecule has 2 aliphatic heterocycles. The van der Waals surface area contributed by atoms with Crippen LogP contribution in [0.1, 0.15) is 78.7 Å². The first-order chi connectivity index (χ1) is 29.5. The van der Waals surface area contributed by atoms with Gasteiger partial charge < -0.3 is 53.4 Å². The molecular weight excluding hydrogens is 801 g/mol. The van der Waals surface area contributed by atoms with Gasteiger partial charge in [-0.2, -0.15) is 0 Å². The van der Waals surface area contributed by atoms with Crippen LogP contribution in [0.25, 0.3) is 10.8 Å². The highest BCUT2D eigenvalue weighted by atomic mass is 16.7. The number of aryl methyl sites for hydroxylation is 1. The van der Waals surface area contributed by atoms with Crippen molar-refractivity contribution in [3.8, 4) is 0 Å². The first-order valence-electron chi connectivity index (χ1n) is 21.9. The van der Waals surface area contributed by atoms with Crippen molar-refractivity contribution >= 4 is 35.0 Å². The van der Waals surface area contributed by atoms with E-state index >= 15 is 0 Å². The van der Waals surface area contributed by atoms with Crippen molar-refractivity contribution in [3.63, 3.8) is 0 Å². The number of aliphatic hydroxyl groups excluding tert-OH is 3. The number of likely N-dealkylation sites (N-methyl/N-ethyl adjacent to an activating group) is 2. The molecule has 0 bridgehead atoms. The molecule has 0 amide bonds. The summed E-state index contributed by atoms with van der Waals surface area (Å²) in [6.07, 6.45) is -5.43. The Morgan fingerprint density at radius 2 is 1.65 bits per heavy atom. The molecule has 2 aromatic rings. The summed E-state index contributed by atoms with van der Waals surface area (Å²) in [5.41, 5.74) is 1.22. The SMILES string of the molecule is CCC(=O)O[C@@H]1CC(=O)O[C@H](C)C[C@H](O)[C@H](N(C)CCCc2cccc3ccccc23)/C=C/[C@H](OC(C)=O)[C@H](C)C[C@H](CC=O)[C@H](O[C@@H]2O[C@H](C)[C@@H](O)[C@H](N(C)C)[C@H]2O)[C@H]1OC. The number of hydrogen-bond acceptors (Lipinski definition) is 15. The molecule has 3 N–H and O–H groups in total. The predicted molar refractivity (Wildman–Crippen MR) is 232 cm³/mol. The Morgan fingerprint density at radius 3 is 2.31 bits per heavy atom. The number of aliphatic hydroxyl groups is 3. The Kier molecular flexibility index (Phi) is 19.9. The lowest BCUT2D eigenvalue weighted by molar-refractivity contribution is -0.310. The molecule has 1 saturated heterocycles. The molecule has 0 aliphatic carbocycles. The summed E-state index contributed by atoms with van der Waals surface area (Å²) in [5.74, 6) is -3.12. The van der Waals surface area contributed by atoms with E-state index in [9.17, 15) is 34.5 Å². The second-order valence-electron chi connectivity index (χ2n) is 17.2. The van der Waals surface area contributed by atoms with E-state index in [1.54, 1.807) is 45.8 Å². The van der Waals surface area contributed by atoms with Gasteiger partial charge in [0.25, 0.3) is 0 Å². The van der Waals surface area contributed by atoms with Crippen LogP contribution in [0.5, 0.6) is 0 Å². The Labute approximate surface area is 366 Å². The fourth-order valence-electron chi connectivity index (χ4n) is 8.89. The topological polar surface area (TPSA) is 191 Å². The largest absolute Gasteiger partial charge is 0.462 e. The van der Waals surface area contributed by atoms with Gasteiger partial charge in [-0.25, -0.2) is 0 Å². The molecule has 14 atom stereocenters. The number of methoxy groups -OCH3 is 1. The second kappa shape index (κ2) is 24.3. The number of ether oxygens (including phenoxy) is 6. The van der Waals surface area contributed by atoms with Gasteiger partial charge in [-0.3, -0.25) is 19.3 Å². The third-order valence-electron chi connectivity index (χ3n) is 12.1. The molecule has 0 unspecified atom stereocenters. The van der Waals surface area contributed by atoms with Crippen LogP contribution in [0.2, 0.25) is 0 Å². The summed E-state index contributed by atoms with van der Waals surface area (Å²) >= 11 is 0. The minimum absolute atomic E-state index is 0.0253. The van der Waals surface area contributed by atoms with Crippen LogP contribution in [-0.2, 0) is 54.0 Å². The molecule has 346 valence electrons. The molecule has 15 heteroatoms. The van der Waals surface area contributed by atoms with E-state index < -0.39 is 109 Å². The van der Waals surface area contributed by atoms with Gasteiger partial charge in [0.05, 0.1) is 42.9 Å². The van der Waals surface area contributed by atoms with Gasteiger partial charge in [0.2, 0.25) is 0 Å². The molecule has 2 aliphatic rings. The summed E-state index contributed by atoms with van der Waals surface area (Å²) in [4.78, 5) is 55.6. The van der Waals surface area contributed by atoms with Crippen molar-refractivity contribution < 1.29 is 62.9 Å². The van der Waals surface area contributed by atoms with Crippen molar-refractivity contribution in [2.75, 3.05) is 34.8 Å². The van der Waals surface area contributed by atoms with Crippen molar-refractivity contribution in [1.29, 1.82) is 0 Å². The van der Waals surface area contributed by atoms with Crippen LogP contribution in [-0.4, -0.2) is 157 Å². The summed E-state index contributed by atoms with van der Waals surface area (Å²) in [6, 6.07) is 13.1. The summed E-state index contributed by atoms with van der Waals surface area (Å²) in [5, 5.41) is 36.7. The zero-order valence-corrected chi connectivity index (χ0v) is 37.8. The van der Waals surface area contributed by atoms with E-state index in [1.165, 1.54) is 25.0 Å². The van der Waals surface area contributed by atoms with Crippen LogP contribution in [0.15, 0.2) is 54.6 Å². The van der Waals surface area contributed by atoms with E-state index in [-0.39, 0.29) is 25.7 Å². The van der Waals surface area contributed by atoms with Crippen molar-refractivity contribution in [1.82, 2.24) is 9.80 Å². The lowest BCUT2D eigenvalue weighted by Crippen LogP contribution is -2.63. The summed E-state index contributed by atoms with van der Waals surface area (Å²) in [7, 11) is 6.67.